The summed E-state index contributed by atoms with van der Waals surface area (Å²) < 4.78 is 5.29. The highest BCUT2D eigenvalue weighted by atomic mass is 35.5. The van der Waals surface area contributed by atoms with Crippen LogP contribution >= 0.6 is 12.4 Å². The van der Waals surface area contributed by atoms with Gasteiger partial charge in [-0.1, -0.05) is 19.9 Å². The van der Waals surface area contributed by atoms with Crippen LogP contribution in [0.2, 0.25) is 0 Å². The molecular weight excluding hydrogens is 222 g/mol. The van der Waals surface area contributed by atoms with E-state index in [0.29, 0.717) is 0 Å². The van der Waals surface area contributed by atoms with Crippen molar-refractivity contribution in [3.05, 3.63) is 29.3 Å². The van der Waals surface area contributed by atoms with Crippen LogP contribution in [0, 0.1) is 0 Å². The molecule has 0 amide bonds. The molecule has 0 aliphatic carbocycles. The van der Waals surface area contributed by atoms with Crippen LogP contribution in [-0.4, -0.2) is 13.7 Å². The third-order valence-corrected chi connectivity index (χ3v) is 3.29. The van der Waals surface area contributed by atoms with Crippen LogP contribution in [0.4, 0.5) is 0 Å². The molecule has 0 bridgehead atoms. The molecule has 16 heavy (non-hydrogen) atoms. The summed E-state index contributed by atoms with van der Waals surface area (Å²) in [6, 6.07) is 6.40. The second-order valence-corrected chi connectivity index (χ2v) is 4.83. The Labute approximate surface area is 104 Å². The van der Waals surface area contributed by atoms with Gasteiger partial charge in [0.15, 0.2) is 0 Å². The molecule has 0 radical (unpaired) electrons. The van der Waals surface area contributed by atoms with E-state index in [1.807, 2.05) is 6.07 Å². The lowest BCUT2D eigenvalue weighted by molar-refractivity contribution is 0.410. The van der Waals surface area contributed by atoms with Gasteiger partial charge in [-0.15, -0.1) is 12.4 Å². The minimum Gasteiger partial charge on any atom is -0.497 e. The highest BCUT2D eigenvalue weighted by Crippen LogP contribution is 2.33. The van der Waals surface area contributed by atoms with Gasteiger partial charge in [-0.05, 0) is 41.6 Å². The number of halogens is 1. The Balaban J connectivity index is 0.00000128. The molecule has 1 aliphatic rings. The van der Waals surface area contributed by atoms with E-state index in [2.05, 4.69) is 31.3 Å². The number of ether oxygens (including phenoxy) is 1. The van der Waals surface area contributed by atoms with Crippen molar-refractivity contribution in [2.45, 2.75) is 32.2 Å². The Kier molecular flexibility index (Phi) is 4.22. The maximum Gasteiger partial charge on any atom is 0.119 e. The van der Waals surface area contributed by atoms with Gasteiger partial charge in [0.05, 0.1) is 7.11 Å². The standard InChI is InChI=1S/C13H19NO.ClH/c1-13(2)6-7-14-9-10-4-5-11(15-3)8-12(10)13;/h4-5,8,14H,6-7,9H2,1-3H3;1H. The molecule has 0 atom stereocenters. The van der Waals surface area contributed by atoms with Crippen molar-refractivity contribution in [1.29, 1.82) is 0 Å². The van der Waals surface area contributed by atoms with Crippen molar-refractivity contribution in [1.82, 2.24) is 5.32 Å². The minimum absolute atomic E-state index is 0. The van der Waals surface area contributed by atoms with Crippen LogP contribution in [0.25, 0.3) is 0 Å². The average Bonchev–Trinajstić information content (AvgIpc) is 2.37. The molecule has 2 nitrogen and oxygen atoms in total. The van der Waals surface area contributed by atoms with Crippen LogP contribution < -0.4 is 10.1 Å². The van der Waals surface area contributed by atoms with Crippen LogP contribution in [-0.2, 0) is 12.0 Å². The number of rotatable bonds is 1. The molecule has 0 spiro atoms. The van der Waals surface area contributed by atoms with Crippen molar-refractivity contribution >= 4 is 12.4 Å². The van der Waals surface area contributed by atoms with Gasteiger partial charge in [0.1, 0.15) is 5.75 Å². The molecule has 1 aromatic carbocycles. The number of nitrogens with one attached hydrogen (secondary N) is 1. The first-order chi connectivity index (χ1) is 7.13. The summed E-state index contributed by atoms with van der Waals surface area (Å²) in [5.41, 5.74) is 3.07. The number of hydrogen-bond donors (Lipinski definition) is 1. The maximum absolute atomic E-state index is 5.29. The highest BCUT2D eigenvalue weighted by Gasteiger charge is 2.25. The fourth-order valence-corrected chi connectivity index (χ4v) is 2.23. The van der Waals surface area contributed by atoms with E-state index in [-0.39, 0.29) is 17.8 Å². The Bertz CT molecular complexity index is 363. The lowest BCUT2D eigenvalue weighted by Gasteiger charge is -2.25. The SMILES string of the molecule is COc1ccc2c(c1)C(C)(C)CCNC2.Cl. The summed E-state index contributed by atoms with van der Waals surface area (Å²) in [7, 11) is 1.73. The molecule has 0 aromatic heterocycles. The zero-order chi connectivity index (χ0) is 10.9. The summed E-state index contributed by atoms with van der Waals surface area (Å²) in [5.74, 6) is 0.962. The molecule has 1 aromatic rings. The van der Waals surface area contributed by atoms with Gasteiger partial charge in [-0.25, -0.2) is 0 Å². The Morgan fingerprint density at radius 1 is 1.31 bits per heavy atom. The smallest absolute Gasteiger partial charge is 0.119 e. The van der Waals surface area contributed by atoms with Crippen LogP contribution in [0.15, 0.2) is 18.2 Å². The van der Waals surface area contributed by atoms with Gasteiger partial charge in [-0.2, -0.15) is 0 Å². The fourth-order valence-electron chi connectivity index (χ4n) is 2.23. The summed E-state index contributed by atoms with van der Waals surface area (Å²) >= 11 is 0. The largest absolute Gasteiger partial charge is 0.497 e. The van der Waals surface area contributed by atoms with Crippen molar-refractivity contribution in [3.8, 4) is 5.75 Å². The topological polar surface area (TPSA) is 21.3 Å². The van der Waals surface area contributed by atoms with E-state index < -0.39 is 0 Å². The van der Waals surface area contributed by atoms with E-state index >= 15 is 0 Å². The first kappa shape index (κ1) is 13.3. The summed E-state index contributed by atoms with van der Waals surface area (Å²) in [6.45, 7) is 6.67. The molecule has 1 N–H and O–H groups in total. The molecule has 0 unspecified atom stereocenters. The molecule has 1 heterocycles. The lowest BCUT2D eigenvalue weighted by atomic mass is 9.80. The van der Waals surface area contributed by atoms with Crippen molar-refractivity contribution in [2.75, 3.05) is 13.7 Å². The van der Waals surface area contributed by atoms with Crippen LogP contribution in [0.3, 0.4) is 0 Å². The summed E-state index contributed by atoms with van der Waals surface area (Å²) in [4.78, 5) is 0. The molecule has 1 aliphatic heterocycles. The monoisotopic (exact) mass is 241 g/mol. The first-order valence-electron chi connectivity index (χ1n) is 5.51. The van der Waals surface area contributed by atoms with Gasteiger partial charge in [0, 0.05) is 6.54 Å². The van der Waals surface area contributed by atoms with E-state index in [0.717, 1.165) is 18.8 Å². The quantitative estimate of drug-likeness (QED) is 0.817. The van der Waals surface area contributed by atoms with Crippen LogP contribution in [0.5, 0.6) is 5.75 Å². The lowest BCUT2D eigenvalue weighted by Crippen LogP contribution is -2.20. The number of benzene rings is 1. The number of fused-ring (bicyclic) bond motifs is 1. The Morgan fingerprint density at radius 3 is 2.75 bits per heavy atom. The third kappa shape index (κ3) is 2.50. The molecule has 3 heteroatoms. The van der Waals surface area contributed by atoms with Gasteiger partial charge in [0.2, 0.25) is 0 Å². The number of hydrogen-bond acceptors (Lipinski definition) is 2. The van der Waals surface area contributed by atoms with E-state index in [1.54, 1.807) is 7.11 Å². The Morgan fingerprint density at radius 2 is 2.06 bits per heavy atom. The first-order valence-corrected chi connectivity index (χ1v) is 5.51. The fraction of sp³-hybridized carbons (Fsp3) is 0.538. The second-order valence-electron chi connectivity index (χ2n) is 4.83. The predicted molar refractivity (Wildman–Crippen MR) is 69.6 cm³/mol. The normalized spacial score (nSPS) is 17.9. The van der Waals surface area contributed by atoms with Crippen molar-refractivity contribution in [3.63, 3.8) is 0 Å². The summed E-state index contributed by atoms with van der Waals surface area (Å²) in [6.07, 6.45) is 1.17. The highest BCUT2D eigenvalue weighted by molar-refractivity contribution is 5.85. The minimum atomic E-state index is 0. The predicted octanol–water partition coefficient (Wildman–Crippen LogP) is 2.89. The van der Waals surface area contributed by atoms with Crippen LogP contribution in [0.1, 0.15) is 31.4 Å². The Hall–Kier alpha value is -0.730. The summed E-state index contributed by atoms with van der Waals surface area (Å²) in [5, 5.41) is 3.46. The average molecular weight is 242 g/mol. The van der Waals surface area contributed by atoms with Gasteiger partial charge < -0.3 is 10.1 Å². The zero-order valence-electron chi connectivity index (χ0n) is 10.2. The van der Waals surface area contributed by atoms with Gasteiger partial charge in [-0.3, -0.25) is 0 Å². The van der Waals surface area contributed by atoms with E-state index in [9.17, 15) is 0 Å². The van der Waals surface area contributed by atoms with Gasteiger partial charge in [0.25, 0.3) is 0 Å². The maximum atomic E-state index is 5.29. The molecule has 2 rings (SSSR count). The van der Waals surface area contributed by atoms with E-state index in [1.165, 1.54) is 17.5 Å². The second kappa shape index (κ2) is 5.07. The number of methoxy groups -OCH3 is 1. The molecule has 0 saturated carbocycles. The van der Waals surface area contributed by atoms with Crippen molar-refractivity contribution < 1.29 is 4.74 Å². The van der Waals surface area contributed by atoms with E-state index in [4.69, 9.17) is 4.74 Å². The molecule has 0 fully saturated rings. The molecule has 0 saturated heterocycles. The van der Waals surface area contributed by atoms with Crippen molar-refractivity contribution in [2.24, 2.45) is 0 Å². The molecular formula is C13H20ClNO. The molecule has 90 valence electrons. The van der Waals surface area contributed by atoms with Gasteiger partial charge >= 0.3 is 0 Å². The third-order valence-electron chi connectivity index (χ3n) is 3.29. The zero-order valence-corrected chi connectivity index (χ0v) is 11.0.